The van der Waals surface area contributed by atoms with E-state index in [1.54, 1.807) is 12.1 Å². The fourth-order valence-corrected chi connectivity index (χ4v) is 5.97. The van der Waals surface area contributed by atoms with Crippen LogP contribution < -0.4 is 9.30 Å². The minimum Gasteiger partial charge on any atom is -0.744 e. The minimum atomic E-state index is -4.27. The zero-order valence-electron chi connectivity index (χ0n) is 22.2. The third-order valence-corrected chi connectivity index (χ3v) is 8.48. The summed E-state index contributed by atoms with van der Waals surface area (Å²) in [7, 11) is -4.27. The van der Waals surface area contributed by atoms with E-state index in [1.165, 1.54) is 82.3 Å². The van der Waals surface area contributed by atoms with Crippen molar-refractivity contribution in [3.63, 3.8) is 0 Å². The van der Waals surface area contributed by atoms with Crippen LogP contribution in [0.3, 0.4) is 0 Å². The SMILES string of the molecule is CCc1ccc2c(ccc3c[n+]4c5ccc(N6CCCC6)cc5ccc4n32)c1.Cc1ccc(S(=O)(=O)[O-])cc1. The lowest BCUT2D eigenvalue weighted by atomic mass is 10.1. The summed E-state index contributed by atoms with van der Waals surface area (Å²) in [5.74, 6) is 0. The van der Waals surface area contributed by atoms with E-state index in [1.807, 2.05) is 6.92 Å². The summed E-state index contributed by atoms with van der Waals surface area (Å²) in [4.78, 5) is 2.33. The first kappa shape index (κ1) is 25.3. The van der Waals surface area contributed by atoms with Gasteiger partial charge in [0.05, 0.1) is 4.90 Å². The van der Waals surface area contributed by atoms with Gasteiger partial charge in [-0.2, -0.15) is 8.80 Å². The predicted molar refractivity (Wildman–Crippen MR) is 156 cm³/mol. The Labute approximate surface area is 228 Å². The molecule has 7 rings (SSSR count). The molecule has 3 aromatic carbocycles. The highest BCUT2D eigenvalue weighted by Gasteiger charge is 2.18. The Morgan fingerprint density at radius 2 is 1.59 bits per heavy atom. The molecule has 4 heterocycles. The highest BCUT2D eigenvalue weighted by Crippen LogP contribution is 2.26. The van der Waals surface area contributed by atoms with Crippen LogP contribution in [-0.4, -0.2) is 30.5 Å². The zero-order chi connectivity index (χ0) is 27.1. The van der Waals surface area contributed by atoms with Gasteiger partial charge in [-0.05, 0) is 92.4 Å². The molecule has 0 radical (unpaired) electrons. The van der Waals surface area contributed by atoms with Crippen LogP contribution in [-0.2, 0) is 16.5 Å². The summed E-state index contributed by atoms with van der Waals surface area (Å²) in [6.07, 6.45) is 5.95. The lowest BCUT2D eigenvalue weighted by molar-refractivity contribution is -0.479. The fraction of sp³-hybridized carbons (Fsp3) is 0.219. The molecule has 1 saturated heterocycles. The van der Waals surface area contributed by atoms with E-state index in [0.29, 0.717) is 0 Å². The van der Waals surface area contributed by atoms with Gasteiger partial charge in [0.2, 0.25) is 0 Å². The molecule has 0 atom stereocenters. The molecule has 6 nitrogen and oxygen atoms in total. The maximum Gasteiger partial charge on any atom is 0.292 e. The van der Waals surface area contributed by atoms with Crippen molar-refractivity contribution in [3.05, 3.63) is 102 Å². The third kappa shape index (κ3) is 4.84. The number of anilines is 1. The van der Waals surface area contributed by atoms with Gasteiger partial charge in [-0.15, -0.1) is 0 Å². The number of benzene rings is 3. The summed E-state index contributed by atoms with van der Waals surface area (Å²) in [5, 5.41) is 2.60. The molecule has 0 N–H and O–H groups in total. The number of pyridine rings is 2. The second-order valence-electron chi connectivity index (χ2n) is 10.2. The smallest absolute Gasteiger partial charge is 0.292 e. The van der Waals surface area contributed by atoms with Crippen molar-refractivity contribution in [3.8, 4) is 0 Å². The first-order valence-electron chi connectivity index (χ1n) is 13.4. The number of fused-ring (bicyclic) bond motifs is 7. The van der Waals surface area contributed by atoms with Crippen LogP contribution in [0.4, 0.5) is 5.69 Å². The molecule has 7 heteroatoms. The van der Waals surface area contributed by atoms with E-state index < -0.39 is 10.1 Å². The van der Waals surface area contributed by atoms with Crippen molar-refractivity contribution in [1.82, 2.24) is 4.40 Å². The van der Waals surface area contributed by atoms with Crippen LogP contribution in [0.2, 0.25) is 0 Å². The molecule has 0 aliphatic carbocycles. The Hall–Kier alpha value is -3.94. The van der Waals surface area contributed by atoms with E-state index in [4.69, 9.17) is 0 Å². The van der Waals surface area contributed by atoms with Crippen molar-refractivity contribution in [2.45, 2.75) is 38.0 Å². The molecule has 39 heavy (non-hydrogen) atoms. The second-order valence-corrected chi connectivity index (χ2v) is 11.6. The molecular formula is C32H31N3O3S. The molecule has 6 aromatic rings. The molecule has 0 bridgehead atoms. The van der Waals surface area contributed by atoms with Crippen LogP contribution in [0.5, 0.6) is 0 Å². The van der Waals surface area contributed by atoms with Crippen LogP contribution in [0.25, 0.3) is 33.0 Å². The molecule has 1 fully saturated rings. The van der Waals surface area contributed by atoms with Gasteiger partial charge in [-0.3, -0.25) is 0 Å². The molecule has 0 amide bonds. The number of hydrogen-bond donors (Lipinski definition) is 0. The normalized spacial score (nSPS) is 13.9. The molecular weight excluding hydrogens is 506 g/mol. The largest absolute Gasteiger partial charge is 0.744 e. The van der Waals surface area contributed by atoms with Gasteiger partial charge in [0.15, 0.2) is 5.52 Å². The van der Waals surface area contributed by atoms with Crippen molar-refractivity contribution < 1.29 is 17.4 Å². The van der Waals surface area contributed by atoms with E-state index in [9.17, 15) is 13.0 Å². The molecule has 0 saturated carbocycles. The Morgan fingerprint density at radius 3 is 2.31 bits per heavy atom. The molecule has 0 unspecified atom stereocenters. The van der Waals surface area contributed by atoms with Crippen LogP contribution in [0.1, 0.15) is 30.9 Å². The van der Waals surface area contributed by atoms with E-state index in [-0.39, 0.29) is 4.90 Å². The predicted octanol–water partition coefficient (Wildman–Crippen LogP) is 6.05. The summed E-state index contributed by atoms with van der Waals surface area (Å²) >= 11 is 0. The number of aryl methyl sites for hydroxylation is 2. The van der Waals surface area contributed by atoms with Crippen molar-refractivity contribution in [2.75, 3.05) is 18.0 Å². The number of imidazole rings is 1. The summed E-state index contributed by atoms with van der Waals surface area (Å²) in [6, 6.07) is 28.5. The molecule has 198 valence electrons. The standard InChI is InChI=1S/C25H24N3.C7H8O3S/c1-2-18-5-10-24-19(15-18)6-8-22-17-27-23-11-9-21(26-13-3-4-14-26)16-20(23)7-12-25(27)28(22)24;1-6-2-4-7(5-3-6)11(8,9)10/h5-12,15-17H,2-4,13-14H2,1H3;2-5H,1H3,(H,8,9,10)/q+1;/p-1. The Morgan fingerprint density at radius 1 is 0.846 bits per heavy atom. The monoisotopic (exact) mass is 537 g/mol. The molecule has 0 spiro atoms. The Bertz CT molecular complexity index is 1940. The van der Waals surface area contributed by atoms with E-state index in [2.05, 4.69) is 87.5 Å². The van der Waals surface area contributed by atoms with Crippen LogP contribution in [0, 0.1) is 6.92 Å². The summed E-state index contributed by atoms with van der Waals surface area (Å²) in [6.45, 7) is 6.40. The highest BCUT2D eigenvalue weighted by molar-refractivity contribution is 7.85. The van der Waals surface area contributed by atoms with Gasteiger partial charge >= 0.3 is 0 Å². The minimum absolute atomic E-state index is 0.178. The average molecular weight is 538 g/mol. The maximum atomic E-state index is 10.4. The zero-order valence-corrected chi connectivity index (χ0v) is 23.0. The summed E-state index contributed by atoms with van der Waals surface area (Å²) < 4.78 is 35.9. The van der Waals surface area contributed by atoms with Gasteiger partial charge in [-0.1, -0.05) is 30.7 Å². The molecule has 3 aromatic heterocycles. The topological polar surface area (TPSA) is 69.0 Å². The average Bonchev–Trinajstić information content (AvgIpc) is 3.61. The quantitative estimate of drug-likeness (QED) is 0.204. The fourth-order valence-electron chi connectivity index (χ4n) is 5.50. The Balaban J connectivity index is 0.000000213. The van der Waals surface area contributed by atoms with Gasteiger partial charge < -0.3 is 9.45 Å². The van der Waals surface area contributed by atoms with Crippen molar-refractivity contribution in [1.29, 1.82) is 0 Å². The van der Waals surface area contributed by atoms with Crippen molar-refractivity contribution >= 4 is 48.8 Å². The molecule has 1 aliphatic rings. The van der Waals surface area contributed by atoms with Gasteiger partial charge in [0, 0.05) is 35.6 Å². The van der Waals surface area contributed by atoms with Crippen LogP contribution >= 0.6 is 0 Å². The van der Waals surface area contributed by atoms with Crippen LogP contribution in [0.15, 0.2) is 96.0 Å². The number of rotatable bonds is 3. The number of aromatic nitrogens is 2. The molecule has 1 aliphatic heterocycles. The van der Waals surface area contributed by atoms with Gasteiger partial charge in [0.25, 0.3) is 5.65 Å². The van der Waals surface area contributed by atoms with Gasteiger partial charge in [-0.25, -0.2) is 8.42 Å². The first-order valence-corrected chi connectivity index (χ1v) is 14.8. The van der Waals surface area contributed by atoms with Gasteiger partial charge in [0.1, 0.15) is 27.3 Å². The van der Waals surface area contributed by atoms with E-state index >= 15 is 0 Å². The third-order valence-electron chi connectivity index (χ3n) is 7.63. The lowest BCUT2D eigenvalue weighted by Gasteiger charge is -2.17. The summed E-state index contributed by atoms with van der Waals surface area (Å²) in [5.41, 5.74) is 8.64. The maximum absolute atomic E-state index is 10.4. The highest BCUT2D eigenvalue weighted by atomic mass is 32.2. The first-order chi connectivity index (χ1) is 18.8. The Kier molecular flexibility index (Phi) is 6.49. The lowest BCUT2D eigenvalue weighted by Crippen LogP contribution is -2.21. The number of nitrogens with zero attached hydrogens (tertiary/aromatic N) is 3. The van der Waals surface area contributed by atoms with E-state index in [0.717, 1.165) is 12.0 Å². The van der Waals surface area contributed by atoms with Crippen molar-refractivity contribution in [2.24, 2.45) is 0 Å². The number of hydrogen-bond acceptors (Lipinski definition) is 4. The second kappa shape index (κ2) is 9.98.